The van der Waals surface area contributed by atoms with Crippen LogP contribution in [0.2, 0.25) is 5.28 Å². The number of nitrogens with zero attached hydrogens (tertiary/aromatic N) is 4. The molecule has 0 unspecified atom stereocenters. The molecule has 0 saturated carbocycles. The molecule has 0 spiro atoms. The lowest BCUT2D eigenvalue weighted by Gasteiger charge is -2.10. The van der Waals surface area contributed by atoms with E-state index in [1.807, 2.05) is 30.3 Å². The van der Waals surface area contributed by atoms with Gasteiger partial charge in [0.15, 0.2) is 11.2 Å². The third-order valence-corrected chi connectivity index (χ3v) is 4.17. The lowest BCUT2D eigenvalue weighted by atomic mass is 10.2. The van der Waals surface area contributed by atoms with Gasteiger partial charge >= 0.3 is 5.69 Å². The number of ether oxygens (including phenoxy) is 1. The van der Waals surface area contributed by atoms with E-state index in [-0.39, 0.29) is 10.9 Å². The van der Waals surface area contributed by atoms with Crippen LogP contribution in [-0.2, 0) is 24.9 Å². The molecule has 24 heavy (non-hydrogen) atoms. The smallest absolute Gasteiger partial charge is 0.332 e. The van der Waals surface area contributed by atoms with Gasteiger partial charge in [0.2, 0.25) is 5.28 Å². The second-order valence-corrected chi connectivity index (χ2v) is 5.75. The van der Waals surface area contributed by atoms with Crippen molar-refractivity contribution in [3.63, 3.8) is 0 Å². The zero-order chi connectivity index (χ0) is 17.3. The number of halogens is 1. The second kappa shape index (κ2) is 6.62. The molecule has 0 aliphatic heterocycles. The van der Waals surface area contributed by atoms with Crippen molar-refractivity contribution in [2.24, 2.45) is 7.05 Å². The van der Waals surface area contributed by atoms with Gasteiger partial charge in [-0.1, -0.05) is 30.3 Å². The van der Waals surface area contributed by atoms with E-state index in [1.54, 1.807) is 11.7 Å². The van der Waals surface area contributed by atoms with Gasteiger partial charge in [-0.25, -0.2) is 4.79 Å². The molecule has 3 rings (SSSR count). The standard InChI is InChI=1S/C16H17ClN4O3/c1-19-14(22)12-13(20(16(19)23)8-9-24-2)18-15(17)21(12)10-11-6-4-3-5-7-11/h3-7H,8-10H2,1-2H3. The molecule has 0 radical (unpaired) electrons. The zero-order valence-electron chi connectivity index (χ0n) is 13.4. The van der Waals surface area contributed by atoms with Crippen molar-refractivity contribution in [3.8, 4) is 0 Å². The Bertz CT molecular complexity index is 988. The molecule has 0 N–H and O–H groups in total. The van der Waals surface area contributed by atoms with E-state index < -0.39 is 11.2 Å². The first-order valence-corrected chi connectivity index (χ1v) is 7.80. The number of aromatic nitrogens is 4. The summed E-state index contributed by atoms with van der Waals surface area (Å²) in [4.78, 5) is 29.2. The van der Waals surface area contributed by atoms with Crippen LogP contribution < -0.4 is 11.2 Å². The summed E-state index contributed by atoms with van der Waals surface area (Å²) < 4.78 is 9.14. The van der Waals surface area contributed by atoms with Crippen LogP contribution in [-0.4, -0.2) is 32.4 Å². The van der Waals surface area contributed by atoms with Gasteiger partial charge in [-0.3, -0.25) is 13.9 Å². The van der Waals surface area contributed by atoms with Crippen LogP contribution >= 0.6 is 11.6 Å². The molecule has 0 fully saturated rings. The highest BCUT2D eigenvalue weighted by Gasteiger charge is 2.19. The van der Waals surface area contributed by atoms with Crippen molar-refractivity contribution in [2.75, 3.05) is 13.7 Å². The van der Waals surface area contributed by atoms with Crippen molar-refractivity contribution in [1.29, 1.82) is 0 Å². The number of fused-ring (bicyclic) bond motifs is 1. The van der Waals surface area contributed by atoms with Crippen LogP contribution in [0.25, 0.3) is 11.2 Å². The first-order valence-electron chi connectivity index (χ1n) is 7.43. The van der Waals surface area contributed by atoms with Gasteiger partial charge in [0.05, 0.1) is 19.7 Å². The minimum Gasteiger partial charge on any atom is -0.383 e. The fourth-order valence-corrected chi connectivity index (χ4v) is 2.85. The quantitative estimate of drug-likeness (QED) is 0.650. The lowest BCUT2D eigenvalue weighted by molar-refractivity contribution is 0.186. The van der Waals surface area contributed by atoms with E-state index in [0.29, 0.717) is 25.2 Å². The number of hydrogen-bond donors (Lipinski definition) is 0. The topological polar surface area (TPSA) is 71.1 Å². The second-order valence-electron chi connectivity index (χ2n) is 5.42. The SMILES string of the molecule is COCCn1c(=O)n(C)c(=O)c2c1nc(Cl)n2Cc1ccccc1. The number of rotatable bonds is 5. The van der Waals surface area contributed by atoms with Crippen LogP contribution in [0.1, 0.15) is 5.56 Å². The van der Waals surface area contributed by atoms with Crippen molar-refractivity contribution >= 4 is 22.8 Å². The van der Waals surface area contributed by atoms with Gasteiger partial charge in [0.1, 0.15) is 0 Å². The number of benzene rings is 1. The maximum atomic E-state index is 12.6. The summed E-state index contributed by atoms with van der Waals surface area (Å²) in [6.07, 6.45) is 0. The molecule has 1 aromatic carbocycles. The van der Waals surface area contributed by atoms with Gasteiger partial charge in [-0.05, 0) is 17.2 Å². The number of hydrogen-bond acceptors (Lipinski definition) is 4. The Kier molecular flexibility index (Phi) is 4.55. The molecule has 7 nitrogen and oxygen atoms in total. The molecule has 2 heterocycles. The van der Waals surface area contributed by atoms with Gasteiger partial charge in [0, 0.05) is 14.2 Å². The highest BCUT2D eigenvalue weighted by molar-refractivity contribution is 6.29. The highest BCUT2D eigenvalue weighted by atomic mass is 35.5. The summed E-state index contributed by atoms with van der Waals surface area (Å²) in [6.45, 7) is 1.02. The van der Waals surface area contributed by atoms with Crippen LogP contribution in [0.5, 0.6) is 0 Å². The number of methoxy groups -OCH3 is 1. The Morgan fingerprint density at radius 2 is 1.88 bits per heavy atom. The Hall–Kier alpha value is -2.38. The van der Waals surface area contributed by atoms with Gasteiger partial charge in [0.25, 0.3) is 5.56 Å². The molecular weight excluding hydrogens is 332 g/mol. The van der Waals surface area contributed by atoms with Crippen molar-refractivity contribution in [1.82, 2.24) is 18.7 Å². The maximum absolute atomic E-state index is 12.6. The van der Waals surface area contributed by atoms with Gasteiger partial charge < -0.3 is 9.30 Å². The summed E-state index contributed by atoms with van der Waals surface area (Å²) in [5, 5.41) is 0.169. The molecule has 0 bridgehead atoms. The molecule has 3 aromatic rings. The molecule has 0 saturated heterocycles. The Labute approximate surface area is 142 Å². The van der Waals surface area contributed by atoms with E-state index >= 15 is 0 Å². The summed E-state index contributed by atoms with van der Waals surface area (Å²) in [5.41, 5.74) is 0.711. The van der Waals surface area contributed by atoms with Crippen molar-refractivity contribution in [2.45, 2.75) is 13.1 Å². The minimum absolute atomic E-state index is 0.169. The van der Waals surface area contributed by atoms with Crippen molar-refractivity contribution in [3.05, 3.63) is 62.0 Å². The molecule has 0 amide bonds. The monoisotopic (exact) mass is 348 g/mol. The number of imidazole rings is 1. The molecule has 2 aromatic heterocycles. The fraction of sp³-hybridized carbons (Fsp3) is 0.312. The third kappa shape index (κ3) is 2.76. The first-order chi connectivity index (χ1) is 11.5. The van der Waals surface area contributed by atoms with Crippen molar-refractivity contribution < 1.29 is 4.74 Å². The Morgan fingerprint density at radius 1 is 1.17 bits per heavy atom. The first kappa shape index (κ1) is 16.5. The van der Waals surface area contributed by atoms with E-state index in [0.717, 1.165) is 10.1 Å². The van der Waals surface area contributed by atoms with E-state index in [1.165, 1.54) is 11.6 Å². The fourth-order valence-electron chi connectivity index (χ4n) is 2.62. The third-order valence-electron chi connectivity index (χ3n) is 3.89. The molecule has 8 heteroatoms. The van der Waals surface area contributed by atoms with E-state index in [9.17, 15) is 9.59 Å². The summed E-state index contributed by atoms with van der Waals surface area (Å²) in [5.74, 6) is 0. The van der Waals surface area contributed by atoms with Gasteiger partial charge in [-0.2, -0.15) is 4.98 Å². The zero-order valence-corrected chi connectivity index (χ0v) is 14.2. The lowest BCUT2D eigenvalue weighted by Crippen LogP contribution is -2.39. The minimum atomic E-state index is -0.439. The van der Waals surface area contributed by atoms with Crippen LogP contribution in [0, 0.1) is 0 Å². The highest BCUT2D eigenvalue weighted by Crippen LogP contribution is 2.18. The van der Waals surface area contributed by atoms with E-state index in [2.05, 4.69) is 4.98 Å². The largest absolute Gasteiger partial charge is 0.383 e. The summed E-state index contributed by atoms with van der Waals surface area (Å²) in [7, 11) is 2.99. The van der Waals surface area contributed by atoms with Gasteiger partial charge in [-0.15, -0.1) is 0 Å². The Balaban J connectivity index is 2.25. The maximum Gasteiger partial charge on any atom is 0.332 e. The average Bonchev–Trinajstić information content (AvgIpc) is 2.90. The van der Waals surface area contributed by atoms with Crippen LogP contribution in [0.15, 0.2) is 39.9 Å². The molecule has 0 atom stereocenters. The average molecular weight is 349 g/mol. The molecule has 126 valence electrons. The predicted octanol–water partition coefficient (Wildman–Crippen LogP) is 1.24. The normalized spacial score (nSPS) is 11.3. The molecular formula is C16H17ClN4O3. The van der Waals surface area contributed by atoms with Crippen LogP contribution in [0.4, 0.5) is 0 Å². The molecule has 0 aliphatic rings. The molecule has 0 aliphatic carbocycles. The van der Waals surface area contributed by atoms with E-state index in [4.69, 9.17) is 16.3 Å². The summed E-state index contributed by atoms with van der Waals surface area (Å²) >= 11 is 6.26. The Morgan fingerprint density at radius 3 is 2.54 bits per heavy atom. The predicted molar refractivity (Wildman–Crippen MR) is 91.7 cm³/mol. The summed E-state index contributed by atoms with van der Waals surface area (Å²) in [6, 6.07) is 9.61. The van der Waals surface area contributed by atoms with Crippen LogP contribution in [0.3, 0.4) is 0 Å².